The van der Waals surface area contributed by atoms with Crippen molar-refractivity contribution < 1.29 is 31.5 Å². The topological polar surface area (TPSA) is 50.9 Å². The molecular weight excluding hydrogens is 268 g/mol. The molecule has 1 aromatic heterocycles. The minimum Gasteiger partial charge on any atom is -0.410 e. The third kappa shape index (κ3) is 1.93. The Morgan fingerprint density at radius 3 is 2.11 bits per heavy atom. The molecule has 18 heavy (non-hydrogen) atoms. The zero-order valence-electron chi connectivity index (χ0n) is 8.21. The quantitative estimate of drug-likeness (QED) is 0.592. The van der Waals surface area contributed by atoms with Crippen molar-refractivity contribution in [2.45, 2.75) is 12.4 Å². The van der Waals surface area contributed by atoms with Gasteiger partial charge in [0, 0.05) is 0 Å². The summed E-state index contributed by atoms with van der Waals surface area (Å²) in [6.45, 7) is 0. The maximum absolute atomic E-state index is 12.6. The lowest BCUT2D eigenvalue weighted by Crippen LogP contribution is -2.11. The molecule has 0 radical (unpaired) electrons. The van der Waals surface area contributed by atoms with Gasteiger partial charge < -0.3 is 5.21 Å². The van der Waals surface area contributed by atoms with E-state index in [0.717, 1.165) is 0 Å². The van der Waals surface area contributed by atoms with E-state index in [0.29, 0.717) is 6.07 Å². The molecule has 2 rings (SSSR count). The first-order chi connectivity index (χ1) is 8.10. The molecule has 0 bridgehead atoms. The fourth-order valence-electron chi connectivity index (χ4n) is 1.39. The minimum atomic E-state index is -5.03. The summed E-state index contributed by atoms with van der Waals surface area (Å²) in [5.41, 5.74) is -4.76. The molecule has 0 aliphatic rings. The second-order valence-electron chi connectivity index (χ2n) is 3.37. The fourth-order valence-corrected chi connectivity index (χ4v) is 1.39. The molecule has 4 nitrogen and oxygen atoms in total. The molecule has 1 N–H and O–H groups in total. The predicted octanol–water partition coefficient (Wildman–Crippen LogP) is 2.71. The van der Waals surface area contributed by atoms with E-state index in [1.54, 1.807) is 0 Å². The molecule has 0 spiro atoms. The van der Waals surface area contributed by atoms with Gasteiger partial charge in [-0.2, -0.15) is 26.3 Å². The average Bonchev–Trinajstić information content (AvgIpc) is 2.56. The van der Waals surface area contributed by atoms with E-state index in [1.165, 1.54) is 0 Å². The van der Waals surface area contributed by atoms with Gasteiger partial charge in [0.25, 0.3) is 0 Å². The highest BCUT2D eigenvalue weighted by Gasteiger charge is 2.39. The SMILES string of the molecule is On1nnc2c(C(F)(F)F)cc(C(F)(F)F)cc21. The number of halogens is 6. The van der Waals surface area contributed by atoms with Crippen LogP contribution in [0.15, 0.2) is 12.1 Å². The van der Waals surface area contributed by atoms with Crippen LogP contribution in [0.3, 0.4) is 0 Å². The molecule has 0 saturated carbocycles. The van der Waals surface area contributed by atoms with Gasteiger partial charge in [0.2, 0.25) is 0 Å². The van der Waals surface area contributed by atoms with E-state index in [1.807, 2.05) is 0 Å². The second-order valence-corrected chi connectivity index (χ2v) is 3.37. The largest absolute Gasteiger partial charge is 0.418 e. The van der Waals surface area contributed by atoms with Crippen LogP contribution < -0.4 is 0 Å². The smallest absolute Gasteiger partial charge is 0.410 e. The van der Waals surface area contributed by atoms with Crippen LogP contribution in [0.25, 0.3) is 11.0 Å². The summed E-state index contributed by atoms with van der Waals surface area (Å²) in [6, 6.07) is 0.265. The maximum Gasteiger partial charge on any atom is 0.418 e. The van der Waals surface area contributed by atoms with Gasteiger partial charge in [0.15, 0.2) is 0 Å². The van der Waals surface area contributed by atoms with E-state index in [4.69, 9.17) is 5.21 Å². The Morgan fingerprint density at radius 2 is 1.61 bits per heavy atom. The number of aromatic nitrogens is 3. The summed E-state index contributed by atoms with van der Waals surface area (Å²) < 4.78 is 75.0. The molecule has 0 unspecified atom stereocenters. The van der Waals surface area contributed by atoms with Gasteiger partial charge >= 0.3 is 12.4 Å². The zero-order valence-corrected chi connectivity index (χ0v) is 8.21. The molecule has 0 aliphatic heterocycles. The summed E-state index contributed by atoms with van der Waals surface area (Å²) in [7, 11) is 0. The van der Waals surface area contributed by atoms with Crippen LogP contribution in [0.1, 0.15) is 11.1 Å². The Bertz CT molecular complexity index is 599. The van der Waals surface area contributed by atoms with Crippen molar-refractivity contribution in [3.8, 4) is 0 Å². The number of benzene rings is 1. The first-order valence-corrected chi connectivity index (χ1v) is 4.34. The molecule has 0 atom stereocenters. The van der Waals surface area contributed by atoms with Crippen molar-refractivity contribution in [1.82, 2.24) is 15.2 Å². The lowest BCUT2D eigenvalue weighted by Gasteiger charge is -2.11. The Hall–Kier alpha value is -2.00. The van der Waals surface area contributed by atoms with Gasteiger partial charge in [-0.1, -0.05) is 4.85 Å². The predicted molar refractivity (Wildman–Crippen MR) is 44.7 cm³/mol. The highest BCUT2D eigenvalue weighted by Crippen LogP contribution is 2.38. The van der Waals surface area contributed by atoms with Crippen molar-refractivity contribution in [3.05, 3.63) is 23.3 Å². The van der Waals surface area contributed by atoms with E-state index in [2.05, 4.69) is 10.3 Å². The van der Waals surface area contributed by atoms with Gasteiger partial charge in [-0.15, -0.1) is 5.10 Å². The molecule has 0 aliphatic carbocycles. The number of rotatable bonds is 0. The number of nitrogens with zero attached hydrogens (tertiary/aromatic N) is 3. The number of hydrogen-bond acceptors (Lipinski definition) is 3. The van der Waals surface area contributed by atoms with Gasteiger partial charge in [0.05, 0.1) is 11.1 Å². The maximum atomic E-state index is 12.6. The summed E-state index contributed by atoms with van der Waals surface area (Å²) >= 11 is 0. The van der Waals surface area contributed by atoms with Gasteiger partial charge in [-0.3, -0.25) is 0 Å². The van der Waals surface area contributed by atoms with Crippen LogP contribution in [-0.2, 0) is 12.4 Å². The number of hydrogen-bond donors (Lipinski definition) is 1. The van der Waals surface area contributed by atoms with Crippen LogP contribution in [0.5, 0.6) is 0 Å². The second kappa shape index (κ2) is 3.50. The van der Waals surface area contributed by atoms with Gasteiger partial charge in [-0.25, -0.2) is 0 Å². The van der Waals surface area contributed by atoms with Crippen molar-refractivity contribution in [3.63, 3.8) is 0 Å². The molecule has 98 valence electrons. The Morgan fingerprint density at radius 1 is 1.00 bits per heavy atom. The standard InChI is InChI=1S/C8H3F6N3O/c9-7(10,11)3-1-4(8(12,13)14)6-5(2-3)17(18)16-15-6/h1-2,18H. The lowest BCUT2D eigenvalue weighted by atomic mass is 10.1. The van der Waals surface area contributed by atoms with Gasteiger partial charge in [0.1, 0.15) is 11.0 Å². The third-order valence-electron chi connectivity index (χ3n) is 2.17. The zero-order chi connectivity index (χ0) is 13.7. The molecule has 1 aromatic carbocycles. The van der Waals surface area contributed by atoms with Crippen molar-refractivity contribution in [2.24, 2.45) is 0 Å². The summed E-state index contributed by atoms with van der Waals surface area (Å²) in [6.07, 6.45) is -10.0. The van der Waals surface area contributed by atoms with E-state index in [9.17, 15) is 26.3 Å². The van der Waals surface area contributed by atoms with Crippen LogP contribution in [0.2, 0.25) is 0 Å². The van der Waals surface area contributed by atoms with E-state index >= 15 is 0 Å². The molecular formula is C8H3F6N3O. The van der Waals surface area contributed by atoms with Crippen molar-refractivity contribution in [1.29, 1.82) is 0 Å². The van der Waals surface area contributed by atoms with Crippen molar-refractivity contribution in [2.75, 3.05) is 0 Å². The van der Waals surface area contributed by atoms with E-state index in [-0.39, 0.29) is 10.9 Å². The summed E-state index contributed by atoms with van der Waals surface area (Å²) in [4.78, 5) is -0.139. The third-order valence-corrected chi connectivity index (χ3v) is 2.17. The summed E-state index contributed by atoms with van der Waals surface area (Å²) in [5, 5.41) is 14.8. The number of fused-ring (bicyclic) bond motifs is 1. The highest BCUT2D eigenvalue weighted by atomic mass is 19.4. The van der Waals surface area contributed by atoms with E-state index < -0.39 is 34.5 Å². The Kier molecular flexibility index (Phi) is 2.42. The molecule has 1 heterocycles. The fraction of sp³-hybridized carbons (Fsp3) is 0.250. The molecule has 0 saturated heterocycles. The normalized spacial score (nSPS) is 13.2. The van der Waals surface area contributed by atoms with Crippen LogP contribution in [0, 0.1) is 0 Å². The van der Waals surface area contributed by atoms with Crippen molar-refractivity contribution >= 4 is 11.0 Å². The van der Waals surface area contributed by atoms with Crippen LogP contribution in [-0.4, -0.2) is 20.4 Å². The van der Waals surface area contributed by atoms with Crippen LogP contribution >= 0.6 is 0 Å². The minimum absolute atomic E-state index is 0.0724. The monoisotopic (exact) mass is 271 g/mol. The number of alkyl halides is 6. The summed E-state index contributed by atoms with van der Waals surface area (Å²) in [5.74, 6) is 0. The molecule has 0 amide bonds. The van der Waals surface area contributed by atoms with Gasteiger partial charge in [-0.05, 0) is 17.3 Å². The molecule has 10 heteroatoms. The first kappa shape index (κ1) is 12.5. The Labute approximate surface area is 94.4 Å². The Balaban J connectivity index is 2.83. The molecule has 0 fully saturated rings. The first-order valence-electron chi connectivity index (χ1n) is 4.34. The highest BCUT2D eigenvalue weighted by molar-refractivity contribution is 5.79. The molecule has 2 aromatic rings. The average molecular weight is 271 g/mol. The van der Waals surface area contributed by atoms with Crippen LogP contribution in [0.4, 0.5) is 26.3 Å². The lowest BCUT2D eigenvalue weighted by molar-refractivity contribution is -0.142.